The molecule has 0 saturated carbocycles. The quantitative estimate of drug-likeness (QED) is 0.249. The summed E-state index contributed by atoms with van der Waals surface area (Å²) in [5, 5.41) is 0. The van der Waals surface area contributed by atoms with Crippen LogP contribution in [0.1, 0.15) is 64.9 Å². The number of aryl methyl sites for hydroxylation is 1. The average Bonchev–Trinajstić information content (AvgIpc) is 2.75. The van der Waals surface area contributed by atoms with Crippen LogP contribution in [0.4, 0.5) is 0 Å². The first kappa shape index (κ1) is 23.0. The van der Waals surface area contributed by atoms with Gasteiger partial charge >= 0.3 is 5.97 Å². The van der Waals surface area contributed by atoms with Crippen LogP contribution in [-0.2, 0) is 16.0 Å². The van der Waals surface area contributed by atoms with Gasteiger partial charge in [-0.15, -0.1) is 0 Å². The van der Waals surface area contributed by atoms with Crippen LogP contribution in [-0.4, -0.2) is 29.2 Å². The number of rotatable bonds is 13. The fourth-order valence-corrected chi connectivity index (χ4v) is 2.88. The molecule has 0 amide bonds. The summed E-state index contributed by atoms with van der Waals surface area (Å²) in [6, 6.07) is 7.31. The van der Waals surface area contributed by atoms with Crippen molar-refractivity contribution in [1.82, 2.24) is 9.97 Å². The van der Waals surface area contributed by atoms with Gasteiger partial charge in [-0.05, 0) is 56.0 Å². The van der Waals surface area contributed by atoms with Crippen molar-refractivity contribution in [2.75, 3.05) is 13.2 Å². The highest BCUT2D eigenvalue weighted by atomic mass is 16.5. The minimum absolute atomic E-state index is 0.277. The molecule has 1 aromatic carbocycles. The van der Waals surface area contributed by atoms with Gasteiger partial charge in [-0.3, -0.25) is 4.79 Å². The molecule has 0 fully saturated rings. The molecule has 1 unspecified atom stereocenters. The Balaban J connectivity index is 1.82. The number of benzene rings is 1. The van der Waals surface area contributed by atoms with Crippen LogP contribution in [0.5, 0.6) is 5.75 Å². The summed E-state index contributed by atoms with van der Waals surface area (Å²) in [6.45, 7) is 7.26. The maximum absolute atomic E-state index is 12.2. The van der Waals surface area contributed by atoms with Crippen molar-refractivity contribution in [2.24, 2.45) is 5.92 Å². The van der Waals surface area contributed by atoms with E-state index < -0.39 is 0 Å². The van der Waals surface area contributed by atoms with Crippen LogP contribution in [0.2, 0.25) is 0 Å². The molecule has 5 nitrogen and oxygen atoms in total. The molecule has 0 aliphatic rings. The Labute approximate surface area is 174 Å². The highest BCUT2D eigenvalue weighted by Gasteiger charge is 2.15. The lowest BCUT2D eigenvalue weighted by molar-refractivity contribution is -0.140. The van der Waals surface area contributed by atoms with Crippen molar-refractivity contribution in [2.45, 2.75) is 65.7 Å². The van der Waals surface area contributed by atoms with E-state index in [2.05, 4.69) is 23.8 Å². The Morgan fingerprint density at radius 2 is 1.62 bits per heavy atom. The smallest absolute Gasteiger partial charge is 0.316 e. The maximum Gasteiger partial charge on any atom is 0.316 e. The second-order valence-corrected chi connectivity index (χ2v) is 7.50. The molecule has 1 aromatic heterocycles. The van der Waals surface area contributed by atoms with E-state index in [4.69, 9.17) is 9.47 Å². The number of hydrogen-bond acceptors (Lipinski definition) is 5. The molecule has 0 saturated heterocycles. The van der Waals surface area contributed by atoms with E-state index in [0.717, 1.165) is 31.2 Å². The van der Waals surface area contributed by atoms with Crippen LogP contribution in [0.3, 0.4) is 0 Å². The Bertz CT molecular complexity index is 714. The number of carbonyl (C=O) groups is 1. The van der Waals surface area contributed by atoms with E-state index in [-0.39, 0.29) is 11.9 Å². The molecule has 0 N–H and O–H groups in total. The summed E-state index contributed by atoms with van der Waals surface area (Å²) >= 11 is 0. The van der Waals surface area contributed by atoms with E-state index in [1.807, 2.05) is 31.5 Å². The van der Waals surface area contributed by atoms with Crippen LogP contribution < -0.4 is 4.74 Å². The zero-order valence-corrected chi connectivity index (χ0v) is 18.0. The Kier molecular flexibility index (Phi) is 10.4. The molecule has 2 aromatic rings. The summed E-state index contributed by atoms with van der Waals surface area (Å²) in [7, 11) is 0. The van der Waals surface area contributed by atoms with Gasteiger partial charge in [0, 0.05) is 24.6 Å². The molecule has 158 valence electrons. The van der Waals surface area contributed by atoms with Crippen molar-refractivity contribution in [3.05, 3.63) is 42.2 Å². The third kappa shape index (κ3) is 8.32. The van der Waals surface area contributed by atoms with Gasteiger partial charge in [0.2, 0.25) is 0 Å². The first-order chi connectivity index (χ1) is 14.1. The number of ether oxygens (including phenoxy) is 2. The minimum Gasteiger partial charge on any atom is -0.426 e. The standard InChI is InChI=1S/C24H34N2O3/c1-4-6-8-10-20-16-25-23(26-17-20)21-11-13-22(14-12-21)29-24(27)19(3)18-28-15-9-7-5-2/h11-14,16-17,19H,4-10,15,18H2,1-3H3. The largest absolute Gasteiger partial charge is 0.426 e. The summed E-state index contributed by atoms with van der Waals surface area (Å²) in [4.78, 5) is 21.1. The molecule has 0 spiro atoms. The summed E-state index contributed by atoms with van der Waals surface area (Å²) in [6.07, 6.45) is 11.8. The highest BCUT2D eigenvalue weighted by Crippen LogP contribution is 2.20. The van der Waals surface area contributed by atoms with Crippen LogP contribution in [0.15, 0.2) is 36.7 Å². The molecule has 0 radical (unpaired) electrons. The number of nitrogens with zero attached hydrogens (tertiary/aromatic N) is 2. The topological polar surface area (TPSA) is 61.3 Å². The van der Waals surface area contributed by atoms with Gasteiger partial charge in [0.25, 0.3) is 0 Å². The Hall–Kier alpha value is -2.27. The highest BCUT2D eigenvalue weighted by molar-refractivity contribution is 5.75. The number of aromatic nitrogens is 2. The van der Waals surface area contributed by atoms with E-state index in [1.165, 1.54) is 24.8 Å². The van der Waals surface area contributed by atoms with Gasteiger partial charge in [0.15, 0.2) is 5.82 Å². The molecule has 1 atom stereocenters. The van der Waals surface area contributed by atoms with E-state index in [1.54, 1.807) is 12.1 Å². The van der Waals surface area contributed by atoms with Crippen LogP contribution >= 0.6 is 0 Å². The van der Waals surface area contributed by atoms with Crippen molar-refractivity contribution in [1.29, 1.82) is 0 Å². The molecule has 1 heterocycles. The summed E-state index contributed by atoms with van der Waals surface area (Å²) in [5.74, 6) is 0.629. The van der Waals surface area contributed by atoms with Crippen LogP contribution in [0, 0.1) is 5.92 Å². The molecule has 29 heavy (non-hydrogen) atoms. The SMILES string of the molecule is CCCCCOCC(C)C(=O)Oc1ccc(-c2ncc(CCCCC)cn2)cc1. The number of hydrogen-bond donors (Lipinski definition) is 0. The fourth-order valence-electron chi connectivity index (χ4n) is 2.88. The summed E-state index contributed by atoms with van der Waals surface area (Å²) in [5.41, 5.74) is 2.07. The van der Waals surface area contributed by atoms with E-state index in [0.29, 0.717) is 24.8 Å². The third-order valence-corrected chi connectivity index (χ3v) is 4.77. The first-order valence-corrected chi connectivity index (χ1v) is 10.8. The van der Waals surface area contributed by atoms with E-state index in [9.17, 15) is 4.79 Å². The van der Waals surface area contributed by atoms with Gasteiger partial charge in [-0.25, -0.2) is 9.97 Å². The molecular weight excluding hydrogens is 364 g/mol. The normalized spacial score (nSPS) is 12.0. The van der Waals surface area contributed by atoms with Crippen molar-refractivity contribution >= 4 is 5.97 Å². The Morgan fingerprint density at radius 1 is 0.966 bits per heavy atom. The van der Waals surface area contributed by atoms with Crippen molar-refractivity contribution in [3.8, 4) is 17.1 Å². The molecule has 0 bridgehead atoms. The average molecular weight is 399 g/mol. The Morgan fingerprint density at radius 3 is 2.28 bits per heavy atom. The van der Waals surface area contributed by atoms with Gasteiger partial charge in [-0.1, -0.05) is 39.5 Å². The lowest BCUT2D eigenvalue weighted by atomic mass is 10.1. The first-order valence-electron chi connectivity index (χ1n) is 10.8. The van der Waals surface area contributed by atoms with Gasteiger partial charge in [0.1, 0.15) is 5.75 Å². The predicted octanol–water partition coefficient (Wildman–Crippen LogP) is 5.62. The second-order valence-electron chi connectivity index (χ2n) is 7.50. The van der Waals surface area contributed by atoms with Crippen molar-refractivity contribution < 1.29 is 14.3 Å². The molecule has 2 rings (SSSR count). The second kappa shape index (κ2) is 13.0. The van der Waals surface area contributed by atoms with Crippen molar-refractivity contribution in [3.63, 3.8) is 0 Å². The van der Waals surface area contributed by atoms with Gasteiger partial charge < -0.3 is 9.47 Å². The third-order valence-electron chi connectivity index (χ3n) is 4.77. The fraction of sp³-hybridized carbons (Fsp3) is 0.542. The number of carbonyl (C=O) groups excluding carboxylic acids is 1. The number of esters is 1. The molecular formula is C24H34N2O3. The number of unbranched alkanes of at least 4 members (excludes halogenated alkanes) is 4. The lowest BCUT2D eigenvalue weighted by Gasteiger charge is -2.12. The molecule has 0 aliphatic heterocycles. The zero-order valence-electron chi connectivity index (χ0n) is 18.0. The zero-order chi connectivity index (χ0) is 20.9. The molecule has 5 heteroatoms. The summed E-state index contributed by atoms with van der Waals surface area (Å²) < 4.78 is 11.0. The maximum atomic E-state index is 12.2. The van der Waals surface area contributed by atoms with Gasteiger partial charge in [0.05, 0.1) is 12.5 Å². The van der Waals surface area contributed by atoms with Gasteiger partial charge in [-0.2, -0.15) is 0 Å². The lowest BCUT2D eigenvalue weighted by Crippen LogP contribution is -2.22. The molecule has 0 aliphatic carbocycles. The van der Waals surface area contributed by atoms with Crippen LogP contribution in [0.25, 0.3) is 11.4 Å². The predicted molar refractivity (Wildman–Crippen MR) is 116 cm³/mol. The minimum atomic E-state index is -0.292. The van der Waals surface area contributed by atoms with E-state index >= 15 is 0 Å². The monoisotopic (exact) mass is 398 g/mol.